The highest BCUT2D eigenvalue weighted by molar-refractivity contribution is 6.35. The number of pyridine rings is 1. The zero-order valence-corrected chi connectivity index (χ0v) is 10.5. The summed E-state index contributed by atoms with van der Waals surface area (Å²) in [5, 5.41) is 5.38. The van der Waals surface area contributed by atoms with Crippen LogP contribution in [-0.2, 0) is 0 Å². The van der Waals surface area contributed by atoms with Gasteiger partial charge < -0.3 is 5.32 Å². The van der Waals surface area contributed by atoms with E-state index in [-0.39, 0.29) is 0 Å². The van der Waals surface area contributed by atoms with Crippen LogP contribution in [0.25, 0.3) is 10.9 Å². The summed E-state index contributed by atoms with van der Waals surface area (Å²) in [6, 6.07) is 8.46. The van der Waals surface area contributed by atoms with E-state index in [2.05, 4.69) is 23.3 Å². The average Bonchev–Trinajstić information content (AvgIpc) is 2.77. The molecular formula is C14H15ClN2. The summed E-state index contributed by atoms with van der Waals surface area (Å²) in [6.07, 6.45) is 3.06. The molecule has 1 saturated heterocycles. The van der Waals surface area contributed by atoms with Crippen molar-refractivity contribution in [2.24, 2.45) is 5.92 Å². The van der Waals surface area contributed by atoms with E-state index < -0.39 is 0 Å². The highest BCUT2D eigenvalue weighted by atomic mass is 35.5. The minimum Gasteiger partial charge on any atom is -0.310 e. The fourth-order valence-electron chi connectivity index (χ4n) is 2.66. The highest BCUT2D eigenvalue weighted by Crippen LogP contribution is 2.34. The van der Waals surface area contributed by atoms with Gasteiger partial charge in [-0.05, 0) is 42.6 Å². The van der Waals surface area contributed by atoms with Gasteiger partial charge in [0.25, 0.3) is 0 Å². The van der Waals surface area contributed by atoms with E-state index in [1.54, 1.807) is 0 Å². The summed E-state index contributed by atoms with van der Waals surface area (Å²) < 4.78 is 0. The summed E-state index contributed by atoms with van der Waals surface area (Å²) in [4.78, 5) is 4.50. The van der Waals surface area contributed by atoms with Gasteiger partial charge in [0.05, 0.1) is 5.52 Å². The van der Waals surface area contributed by atoms with Crippen molar-refractivity contribution in [1.82, 2.24) is 10.3 Å². The molecule has 0 bridgehead atoms. The Kier molecular flexibility index (Phi) is 2.77. The van der Waals surface area contributed by atoms with E-state index >= 15 is 0 Å². The molecule has 88 valence electrons. The zero-order valence-electron chi connectivity index (χ0n) is 9.78. The molecule has 3 heteroatoms. The third kappa shape index (κ3) is 1.81. The first-order chi connectivity index (χ1) is 8.27. The number of halogens is 1. The number of benzene rings is 1. The molecule has 1 aliphatic heterocycles. The maximum absolute atomic E-state index is 6.21. The van der Waals surface area contributed by atoms with Gasteiger partial charge in [-0.25, -0.2) is 0 Å². The second-order valence-electron chi connectivity index (χ2n) is 4.73. The van der Waals surface area contributed by atoms with Crippen LogP contribution < -0.4 is 5.32 Å². The summed E-state index contributed by atoms with van der Waals surface area (Å²) in [6.45, 7) is 3.37. The Hall–Kier alpha value is -1.12. The smallest absolute Gasteiger partial charge is 0.0764 e. The number of rotatable bonds is 1. The number of nitrogens with zero attached hydrogens (tertiary/aromatic N) is 1. The standard InChI is InChI=1S/C14H15ClN2/c1-9-6-8-17-13(9)11-4-5-12(15)10-3-2-7-16-14(10)11/h2-5,7,9,13,17H,6,8H2,1H3. The van der Waals surface area contributed by atoms with Crippen LogP contribution in [0.15, 0.2) is 30.5 Å². The molecule has 2 atom stereocenters. The minimum atomic E-state index is 0.407. The van der Waals surface area contributed by atoms with Crippen LogP contribution >= 0.6 is 11.6 Å². The first kappa shape index (κ1) is 11.0. The van der Waals surface area contributed by atoms with Gasteiger partial charge in [-0.1, -0.05) is 24.6 Å². The Balaban J connectivity index is 2.20. The second-order valence-corrected chi connectivity index (χ2v) is 5.14. The number of hydrogen-bond acceptors (Lipinski definition) is 2. The van der Waals surface area contributed by atoms with E-state index in [1.165, 1.54) is 12.0 Å². The molecule has 1 aromatic carbocycles. The van der Waals surface area contributed by atoms with Gasteiger partial charge in [0.2, 0.25) is 0 Å². The summed E-state index contributed by atoms with van der Waals surface area (Å²) in [5.41, 5.74) is 2.31. The summed E-state index contributed by atoms with van der Waals surface area (Å²) in [5.74, 6) is 0.654. The quantitative estimate of drug-likeness (QED) is 0.832. The Morgan fingerprint density at radius 3 is 3.00 bits per heavy atom. The molecule has 1 N–H and O–H groups in total. The largest absolute Gasteiger partial charge is 0.310 e. The molecule has 2 heterocycles. The van der Waals surface area contributed by atoms with Crippen molar-refractivity contribution in [3.63, 3.8) is 0 Å². The maximum Gasteiger partial charge on any atom is 0.0764 e. The number of aromatic nitrogens is 1. The third-order valence-corrected chi connectivity index (χ3v) is 3.95. The average molecular weight is 247 g/mol. The van der Waals surface area contributed by atoms with Gasteiger partial charge >= 0.3 is 0 Å². The van der Waals surface area contributed by atoms with E-state index in [0.29, 0.717) is 12.0 Å². The monoisotopic (exact) mass is 246 g/mol. The van der Waals surface area contributed by atoms with Crippen LogP contribution in [0.3, 0.4) is 0 Å². The topological polar surface area (TPSA) is 24.9 Å². The Morgan fingerprint density at radius 2 is 2.24 bits per heavy atom. The van der Waals surface area contributed by atoms with Crippen LogP contribution in [0.4, 0.5) is 0 Å². The fraction of sp³-hybridized carbons (Fsp3) is 0.357. The van der Waals surface area contributed by atoms with E-state index in [0.717, 1.165) is 22.5 Å². The second kappa shape index (κ2) is 4.28. The van der Waals surface area contributed by atoms with Crippen molar-refractivity contribution in [1.29, 1.82) is 0 Å². The molecule has 2 nitrogen and oxygen atoms in total. The van der Waals surface area contributed by atoms with Gasteiger partial charge in [0, 0.05) is 22.6 Å². The SMILES string of the molecule is CC1CCNC1c1ccc(Cl)c2cccnc12. The Morgan fingerprint density at radius 1 is 1.35 bits per heavy atom. The van der Waals surface area contributed by atoms with E-state index in [9.17, 15) is 0 Å². The third-order valence-electron chi connectivity index (χ3n) is 3.62. The van der Waals surface area contributed by atoms with Gasteiger partial charge in [0.15, 0.2) is 0 Å². The molecule has 0 spiro atoms. The predicted octanol–water partition coefficient (Wildman–Crippen LogP) is 3.56. The van der Waals surface area contributed by atoms with Crippen molar-refractivity contribution in [3.8, 4) is 0 Å². The maximum atomic E-state index is 6.21. The number of nitrogens with one attached hydrogen (secondary N) is 1. The van der Waals surface area contributed by atoms with E-state index in [1.807, 2.05) is 24.4 Å². The molecule has 1 aliphatic rings. The summed E-state index contributed by atoms with van der Waals surface area (Å²) >= 11 is 6.21. The van der Waals surface area contributed by atoms with Crippen molar-refractivity contribution in [2.75, 3.05) is 6.54 Å². The molecule has 17 heavy (non-hydrogen) atoms. The first-order valence-electron chi connectivity index (χ1n) is 6.04. The molecule has 2 aromatic rings. The molecular weight excluding hydrogens is 232 g/mol. The molecule has 1 aromatic heterocycles. The molecule has 0 amide bonds. The van der Waals surface area contributed by atoms with Crippen LogP contribution in [0, 0.1) is 5.92 Å². The lowest BCUT2D eigenvalue weighted by atomic mass is 9.94. The van der Waals surface area contributed by atoms with Gasteiger partial charge in [0.1, 0.15) is 0 Å². The highest BCUT2D eigenvalue weighted by Gasteiger charge is 2.26. The van der Waals surface area contributed by atoms with Crippen molar-refractivity contribution >= 4 is 22.5 Å². The van der Waals surface area contributed by atoms with Crippen molar-refractivity contribution < 1.29 is 0 Å². The van der Waals surface area contributed by atoms with E-state index in [4.69, 9.17) is 11.6 Å². The van der Waals surface area contributed by atoms with Crippen LogP contribution in [0.2, 0.25) is 5.02 Å². The number of fused-ring (bicyclic) bond motifs is 1. The van der Waals surface area contributed by atoms with Gasteiger partial charge in [-0.2, -0.15) is 0 Å². The lowest BCUT2D eigenvalue weighted by Crippen LogP contribution is -2.17. The predicted molar refractivity (Wildman–Crippen MR) is 71.3 cm³/mol. The van der Waals surface area contributed by atoms with Crippen LogP contribution in [-0.4, -0.2) is 11.5 Å². The molecule has 1 fully saturated rings. The van der Waals surface area contributed by atoms with Crippen molar-refractivity contribution in [3.05, 3.63) is 41.0 Å². The molecule has 0 radical (unpaired) electrons. The van der Waals surface area contributed by atoms with Crippen LogP contribution in [0.5, 0.6) is 0 Å². The molecule has 0 aliphatic carbocycles. The van der Waals surface area contributed by atoms with Gasteiger partial charge in [-0.3, -0.25) is 4.98 Å². The Labute approximate surface area is 106 Å². The van der Waals surface area contributed by atoms with Crippen LogP contribution in [0.1, 0.15) is 24.9 Å². The zero-order chi connectivity index (χ0) is 11.8. The van der Waals surface area contributed by atoms with Gasteiger partial charge in [-0.15, -0.1) is 0 Å². The molecule has 0 saturated carbocycles. The molecule has 2 unspecified atom stereocenters. The number of hydrogen-bond donors (Lipinski definition) is 1. The summed E-state index contributed by atoms with van der Waals surface area (Å²) in [7, 11) is 0. The Bertz CT molecular complexity index is 553. The lowest BCUT2D eigenvalue weighted by molar-refractivity contribution is 0.506. The normalized spacial score (nSPS) is 24.4. The first-order valence-corrected chi connectivity index (χ1v) is 6.41. The minimum absolute atomic E-state index is 0.407. The molecule has 3 rings (SSSR count). The van der Waals surface area contributed by atoms with Crippen molar-refractivity contribution in [2.45, 2.75) is 19.4 Å². The lowest BCUT2D eigenvalue weighted by Gasteiger charge is -2.18. The fourth-order valence-corrected chi connectivity index (χ4v) is 2.88.